The van der Waals surface area contributed by atoms with Crippen LogP contribution in [-0.2, 0) is 9.47 Å². The number of aromatic nitrogens is 1. The zero-order valence-corrected chi connectivity index (χ0v) is 14.2. The lowest BCUT2D eigenvalue weighted by atomic mass is 9.73. The van der Waals surface area contributed by atoms with Gasteiger partial charge in [0, 0.05) is 6.20 Å². The smallest absolute Gasteiger partial charge is 0.184 e. The molecule has 0 unspecified atom stereocenters. The van der Waals surface area contributed by atoms with Gasteiger partial charge in [0.1, 0.15) is 18.3 Å². The van der Waals surface area contributed by atoms with Crippen LogP contribution < -0.4 is 0 Å². The first-order chi connectivity index (χ1) is 11.7. The molecule has 140 valence electrons. The normalized spacial score (nSPS) is 33.7. The van der Waals surface area contributed by atoms with Gasteiger partial charge in [-0.2, -0.15) is 0 Å². The van der Waals surface area contributed by atoms with Crippen molar-refractivity contribution in [3.05, 3.63) is 36.2 Å². The summed E-state index contributed by atoms with van der Waals surface area (Å²) in [5, 5.41) is 50.7. The first-order valence-corrected chi connectivity index (χ1v) is 7.98. The molecule has 0 spiro atoms. The van der Waals surface area contributed by atoms with Gasteiger partial charge in [-0.15, -0.1) is 0 Å². The predicted octanol–water partition coefficient (Wildman–Crippen LogP) is -0.948. The quantitative estimate of drug-likeness (QED) is 0.441. The fourth-order valence-electron chi connectivity index (χ4n) is 2.88. The first kappa shape index (κ1) is 19.9. The van der Waals surface area contributed by atoms with E-state index in [4.69, 9.17) is 9.47 Å². The summed E-state index contributed by atoms with van der Waals surface area (Å²) >= 11 is 0. The van der Waals surface area contributed by atoms with Crippen LogP contribution in [-0.4, -0.2) is 79.5 Å². The maximum atomic E-state index is 10.9. The van der Waals surface area contributed by atoms with Crippen LogP contribution in [0, 0.1) is 0 Å². The highest BCUT2D eigenvalue weighted by Crippen LogP contribution is 2.39. The molecule has 1 aliphatic rings. The van der Waals surface area contributed by atoms with Crippen molar-refractivity contribution >= 4 is 6.08 Å². The van der Waals surface area contributed by atoms with E-state index in [0.717, 1.165) is 0 Å². The van der Waals surface area contributed by atoms with E-state index in [1.54, 1.807) is 30.5 Å². The lowest BCUT2D eigenvalue weighted by molar-refractivity contribution is -0.358. The Hall–Kier alpha value is -1.39. The summed E-state index contributed by atoms with van der Waals surface area (Å²) in [6.45, 7) is 1.99. The van der Waals surface area contributed by atoms with E-state index < -0.39 is 42.4 Å². The largest absolute Gasteiger partial charge is 0.394 e. The number of rotatable bonds is 6. The lowest BCUT2D eigenvalue weighted by Gasteiger charge is -2.53. The highest BCUT2D eigenvalue weighted by molar-refractivity contribution is 5.43. The van der Waals surface area contributed by atoms with Crippen LogP contribution in [0.25, 0.3) is 6.08 Å². The molecule has 0 saturated carbocycles. The number of ether oxygens (including phenoxy) is 2. The third-order valence-corrected chi connectivity index (χ3v) is 4.32. The van der Waals surface area contributed by atoms with Crippen LogP contribution in [0.15, 0.2) is 30.5 Å². The van der Waals surface area contributed by atoms with Gasteiger partial charge in [-0.1, -0.05) is 12.1 Å². The van der Waals surface area contributed by atoms with Gasteiger partial charge in [-0.25, -0.2) is 0 Å². The Morgan fingerprint density at radius 1 is 1.36 bits per heavy atom. The molecule has 0 aliphatic carbocycles. The molecule has 5 N–H and O–H groups in total. The van der Waals surface area contributed by atoms with Gasteiger partial charge in [0.15, 0.2) is 11.9 Å². The second kappa shape index (κ2) is 7.88. The Morgan fingerprint density at radius 3 is 2.64 bits per heavy atom. The number of hydrogen-bond acceptors (Lipinski definition) is 8. The van der Waals surface area contributed by atoms with Crippen molar-refractivity contribution in [2.45, 2.75) is 49.7 Å². The van der Waals surface area contributed by atoms with Crippen LogP contribution in [0.4, 0.5) is 0 Å². The van der Waals surface area contributed by atoms with Gasteiger partial charge >= 0.3 is 0 Å². The standard InChI is InChI=1S/C17H25NO7/c1-16(2,22)17(23)13(20)15(21)25-12(10-19)14(17)24-9-5-7-11-6-3-4-8-18-11/h3-8,12-15,19-23H,9-10H2,1-2H3/b7-5+/t12-,13+,14+,15-,17-/m1/s1. The highest BCUT2D eigenvalue weighted by atomic mass is 16.7. The van der Waals surface area contributed by atoms with Gasteiger partial charge in [0.05, 0.1) is 24.5 Å². The zero-order chi connectivity index (χ0) is 18.7. The molecular weight excluding hydrogens is 330 g/mol. The highest BCUT2D eigenvalue weighted by Gasteiger charge is 2.62. The molecule has 0 bridgehead atoms. The summed E-state index contributed by atoms with van der Waals surface area (Å²) in [7, 11) is 0. The molecular formula is C17H25NO7. The van der Waals surface area contributed by atoms with Crippen molar-refractivity contribution in [1.82, 2.24) is 4.98 Å². The molecule has 1 fully saturated rings. The summed E-state index contributed by atoms with van der Waals surface area (Å²) in [5.41, 5.74) is -3.38. The Labute approximate surface area is 146 Å². The van der Waals surface area contributed by atoms with Crippen molar-refractivity contribution in [2.75, 3.05) is 13.2 Å². The number of aliphatic hydroxyl groups is 5. The van der Waals surface area contributed by atoms with E-state index >= 15 is 0 Å². The number of nitrogens with zero attached hydrogens (tertiary/aromatic N) is 1. The molecule has 0 radical (unpaired) electrons. The second-order valence-corrected chi connectivity index (χ2v) is 6.49. The van der Waals surface area contributed by atoms with Crippen LogP contribution >= 0.6 is 0 Å². The minimum Gasteiger partial charge on any atom is -0.394 e. The topological polar surface area (TPSA) is 132 Å². The van der Waals surface area contributed by atoms with Crippen LogP contribution in [0.1, 0.15) is 19.5 Å². The predicted molar refractivity (Wildman–Crippen MR) is 88.2 cm³/mol. The monoisotopic (exact) mass is 355 g/mol. The lowest BCUT2D eigenvalue weighted by Crippen LogP contribution is -2.75. The minimum absolute atomic E-state index is 0.00229. The molecule has 2 rings (SSSR count). The number of hydrogen-bond donors (Lipinski definition) is 5. The van der Waals surface area contributed by atoms with Crippen molar-refractivity contribution in [3.63, 3.8) is 0 Å². The average Bonchev–Trinajstić information content (AvgIpc) is 2.57. The molecule has 2 heterocycles. The first-order valence-electron chi connectivity index (χ1n) is 7.98. The summed E-state index contributed by atoms with van der Waals surface area (Å²) in [6, 6.07) is 5.41. The van der Waals surface area contributed by atoms with Gasteiger partial charge < -0.3 is 35.0 Å². The van der Waals surface area contributed by atoms with E-state index in [-0.39, 0.29) is 6.61 Å². The third-order valence-electron chi connectivity index (χ3n) is 4.32. The molecule has 1 saturated heterocycles. The van der Waals surface area contributed by atoms with Gasteiger partial charge in [0.25, 0.3) is 0 Å². The number of pyridine rings is 1. The average molecular weight is 355 g/mol. The van der Waals surface area contributed by atoms with Crippen molar-refractivity contribution in [3.8, 4) is 0 Å². The zero-order valence-electron chi connectivity index (χ0n) is 14.2. The fraction of sp³-hybridized carbons (Fsp3) is 0.588. The van der Waals surface area contributed by atoms with Crippen LogP contribution in [0.2, 0.25) is 0 Å². The van der Waals surface area contributed by atoms with Crippen molar-refractivity contribution in [2.24, 2.45) is 0 Å². The summed E-state index contributed by atoms with van der Waals surface area (Å²) < 4.78 is 10.7. The SMILES string of the molecule is CC(C)(O)[C@@]1(O)[C@@H](O)[C@H](O)O[C@H](CO)[C@@H]1OC/C=C/c1ccccn1. The van der Waals surface area contributed by atoms with E-state index in [9.17, 15) is 25.5 Å². The molecule has 1 aromatic rings. The molecule has 1 aromatic heterocycles. The molecule has 8 heteroatoms. The molecule has 1 aliphatic heterocycles. The maximum Gasteiger partial charge on any atom is 0.184 e. The van der Waals surface area contributed by atoms with Crippen LogP contribution in [0.5, 0.6) is 0 Å². The Kier molecular flexibility index (Phi) is 6.28. The van der Waals surface area contributed by atoms with Crippen molar-refractivity contribution < 1.29 is 35.0 Å². The summed E-state index contributed by atoms with van der Waals surface area (Å²) in [5.74, 6) is 0. The fourth-order valence-corrected chi connectivity index (χ4v) is 2.88. The summed E-state index contributed by atoms with van der Waals surface area (Å²) in [6.07, 6.45) is -1.01. The minimum atomic E-state index is -2.25. The molecule has 0 aromatic carbocycles. The molecule has 25 heavy (non-hydrogen) atoms. The van der Waals surface area contributed by atoms with Gasteiger partial charge in [-0.3, -0.25) is 4.98 Å². The van der Waals surface area contributed by atoms with Gasteiger partial charge in [-0.05, 0) is 32.1 Å². The molecule has 0 amide bonds. The van der Waals surface area contributed by atoms with Crippen molar-refractivity contribution in [1.29, 1.82) is 0 Å². The molecule has 5 atom stereocenters. The Bertz CT molecular complexity index is 574. The second-order valence-electron chi connectivity index (χ2n) is 6.49. The maximum absolute atomic E-state index is 10.9. The van der Waals surface area contributed by atoms with Gasteiger partial charge in [0.2, 0.25) is 0 Å². The van der Waals surface area contributed by atoms with E-state index in [2.05, 4.69) is 4.98 Å². The van der Waals surface area contributed by atoms with E-state index in [1.165, 1.54) is 13.8 Å². The number of aliphatic hydroxyl groups excluding tert-OH is 3. The Balaban J connectivity index is 2.17. The Morgan fingerprint density at radius 2 is 2.08 bits per heavy atom. The van der Waals surface area contributed by atoms with E-state index in [0.29, 0.717) is 5.69 Å². The molecule has 8 nitrogen and oxygen atoms in total. The van der Waals surface area contributed by atoms with E-state index in [1.807, 2.05) is 6.07 Å². The van der Waals surface area contributed by atoms with Crippen LogP contribution in [0.3, 0.4) is 0 Å². The summed E-state index contributed by atoms with van der Waals surface area (Å²) in [4.78, 5) is 4.11. The third kappa shape index (κ3) is 4.06.